The fourth-order valence-electron chi connectivity index (χ4n) is 1.35. The molecule has 2 atom stereocenters. The largest absolute Gasteiger partial charge is 0.156 e. The van der Waals surface area contributed by atoms with Gasteiger partial charge in [-0.1, -0.05) is 26.7 Å². The summed E-state index contributed by atoms with van der Waals surface area (Å²) in [5.41, 5.74) is 0. The summed E-state index contributed by atoms with van der Waals surface area (Å²) in [6.07, 6.45) is 4.22. The Morgan fingerprint density at radius 2 is 2.22 bits per heavy atom. The third-order valence-corrected chi connectivity index (χ3v) is 3.17. The zero-order valence-electron chi connectivity index (χ0n) is 6.39. The van der Waals surface area contributed by atoms with Crippen LogP contribution in [0.1, 0.15) is 33.1 Å². The van der Waals surface area contributed by atoms with Crippen LogP contribution >= 0.6 is 11.8 Å². The molecule has 1 heteroatoms. The van der Waals surface area contributed by atoms with Crippen molar-refractivity contribution in [1.82, 2.24) is 0 Å². The summed E-state index contributed by atoms with van der Waals surface area (Å²) < 4.78 is 0. The topological polar surface area (TPSA) is 0 Å². The quantitative estimate of drug-likeness (QED) is 0.547. The first kappa shape index (κ1) is 7.46. The fourth-order valence-corrected chi connectivity index (χ4v) is 2.34. The zero-order chi connectivity index (χ0) is 6.69. The van der Waals surface area contributed by atoms with Gasteiger partial charge in [-0.2, -0.15) is 11.8 Å². The molecule has 2 unspecified atom stereocenters. The SMILES string of the molecule is CCCC(CC)C1CS1. The lowest BCUT2D eigenvalue weighted by Crippen LogP contribution is -2.04. The Morgan fingerprint density at radius 1 is 1.56 bits per heavy atom. The number of rotatable bonds is 4. The molecule has 0 bridgehead atoms. The van der Waals surface area contributed by atoms with Crippen LogP contribution in [0.25, 0.3) is 0 Å². The fraction of sp³-hybridized carbons (Fsp3) is 1.00. The first-order valence-electron chi connectivity index (χ1n) is 4.00. The maximum Gasteiger partial charge on any atom is 0.0166 e. The Kier molecular flexibility index (Phi) is 2.90. The minimum atomic E-state index is 1.04. The molecule has 54 valence electrons. The second kappa shape index (κ2) is 3.50. The van der Waals surface area contributed by atoms with Gasteiger partial charge in [-0.15, -0.1) is 0 Å². The van der Waals surface area contributed by atoms with Crippen molar-refractivity contribution in [2.24, 2.45) is 5.92 Å². The summed E-state index contributed by atoms with van der Waals surface area (Å²) >= 11 is 2.14. The van der Waals surface area contributed by atoms with Crippen LogP contribution in [-0.4, -0.2) is 11.0 Å². The molecular formula is C8H16S. The first-order valence-corrected chi connectivity index (χ1v) is 5.05. The first-order chi connectivity index (χ1) is 4.38. The van der Waals surface area contributed by atoms with Gasteiger partial charge in [0, 0.05) is 11.0 Å². The minimum absolute atomic E-state index is 1.04. The van der Waals surface area contributed by atoms with E-state index in [9.17, 15) is 0 Å². The van der Waals surface area contributed by atoms with Crippen LogP contribution in [0, 0.1) is 5.92 Å². The van der Waals surface area contributed by atoms with E-state index in [0.717, 1.165) is 11.2 Å². The van der Waals surface area contributed by atoms with Crippen molar-refractivity contribution in [2.75, 3.05) is 5.75 Å². The minimum Gasteiger partial charge on any atom is -0.156 e. The highest BCUT2D eigenvalue weighted by Crippen LogP contribution is 2.40. The predicted molar refractivity (Wildman–Crippen MR) is 44.9 cm³/mol. The predicted octanol–water partition coefficient (Wildman–Crippen LogP) is 2.93. The number of hydrogen-bond donors (Lipinski definition) is 0. The molecule has 1 rings (SSSR count). The molecule has 0 N–H and O–H groups in total. The normalized spacial score (nSPS) is 28.0. The molecule has 0 amide bonds. The second-order valence-corrected chi connectivity index (χ2v) is 4.10. The van der Waals surface area contributed by atoms with Crippen molar-refractivity contribution in [3.8, 4) is 0 Å². The molecule has 0 saturated carbocycles. The summed E-state index contributed by atoms with van der Waals surface area (Å²) in [6, 6.07) is 0. The van der Waals surface area contributed by atoms with Gasteiger partial charge >= 0.3 is 0 Å². The molecule has 0 nitrogen and oxygen atoms in total. The maximum atomic E-state index is 2.32. The van der Waals surface area contributed by atoms with Crippen molar-refractivity contribution in [3.63, 3.8) is 0 Å². The van der Waals surface area contributed by atoms with Crippen LogP contribution in [0.4, 0.5) is 0 Å². The molecule has 0 aliphatic carbocycles. The highest BCUT2D eigenvalue weighted by Gasteiger charge is 2.29. The average molecular weight is 144 g/mol. The Labute approximate surface area is 62.4 Å². The monoisotopic (exact) mass is 144 g/mol. The van der Waals surface area contributed by atoms with E-state index in [4.69, 9.17) is 0 Å². The van der Waals surface area contributed by atoms with E-state index in [1.54, 1.807) is 0 Å². The Hall–Kier alpha value is 0.350. The number of thioether (sulfide) groups is 1. The van der Waals surface area contributed by atoms with Gasteiger partial charge in [-0.3, -0.25) is 0 Å². The van der Waals surface area contributed by atoms with E-state index in [2.05, 4.69) is 25.6 Å². The van der Waals surface area contributed by atoms with Gasteiger partial charge in [-0.25, -0.2) is 0 Å². The van der Waals surface area contributed by atoms with Gasteiger partial charge in [0.05, 0.1) is 0 Å². The third-order valence-electron chi connectivity index (χ3n) is 2.07. The molecule has 0 spiro atoms. The van der Waals surface area contributed by atoms with Gasteiger partial charge in [-0.05, 0) is 12.3 Å². The van der Waals surface area contributed by atoms with Crippen LogP contribution in [0.2, 0.25) is 0 Å². The second-order valence-electron chi connectivity index (χ2n) is 2.83. The molecule has 9 heavy (non-hydrogen) atoms. The average Bonchev–Trinajstić information content (AvgIpc) is 2.64. The molecule has 1 heterocycles. The van der Waals surface area contributed by atoms with Crippen molar-refractivity contribution in [2.45, 2.75) is 38.4 Å². The Morgan fingerprint density at radius 3 is 2.56 bits per heavy atom. The molecule has 0 aromatic carbocycles. The van der Waals surface area contributed by atoms with Gasteiger partial charge < -0.3 is 0 Å². The van der Waals surface area contributed by atoms with Crippen LogP contribution in [0.3, 0.4) is 0 Å². The smallest absolute Gasteiger partial charge is 0.0166 e. The van der Waals surface area contributed by atoms with Gasteiger partial charge in [0.1, 0.15) is 0 Å². The van der Waals surface area contributed by atoms with E-state index < -0.39 is 0 Å². The lowest BCUT2D eigenvalue weighted by atomic mass is 9.98. The van der Waals surface area contributed by atoms with Crippen molar-refractivity contribution in [1.29, 1.82) is 0 Å². The van der Waals surface area contributed by atoms with Crippen molar-refractivity contribution >= 4 is 11.8 Å². The van der Waals surface area contributed by atoms with Crippen LogP contribution in [0.15, 0.2) is 0 Å². The molecule has 0 radical (unpaired) electrons. The van der Waals surface area contributed by atoms with E-state index in [1.165, 1.54) is 25.0 Å². The number of hydrogen-bond acceptors (Lipinski definition) is 1. The molecule has 0 aromatic heterocycles. The van der Waals surface area contributed by atoms with Crippen molar-refractivity contribution < 1.29 is 0 Å². The summed E-state index contributed by atoms with van der Waals surface area (Å²) in [4.78, 5) is 0. The standard InChI is InChI=1S/C8H16S/c1-3-5-7(4-2)8-6-9-8/h7-8H,3-6H2,1-2H3. The highest BCUT2D eigenvalue weighted by molar-refractivity contribution is 8.06. The molecule has 0 aromatic rings. The maximum absolute atomic E-state index is 2.32. The molecule has 1 aliphatic heterocycles. The van der Waals surface area contributed by atoms with Gasteiger partial charge in [0.25, 0.3) is 0 Å². The van der Waals surface area contributed by atoms with Crippen LogP contribution in [-0.2, 0) is 0 Å². The van der Waals surface area contributed by atoms with Gasteiger partial charge in [0.15, 0.2) is 0 Å². The summed E-state index contributed by atoms with van der Waals surface area (Å²) in [6.45, 7) is 4.61. The third kappa shape index (κ3) is 2.21. The highest BCUT2D eigenvalue weighted by atomic mass is 32.2. The van der Waals surface area contributed by atoms with Crippen molar-refractivity contribution in [3.05, 3.63) is 0 Å². The Bertz CT molecular complexity index is 76.6. The van der Waals surface area contributed by atoms with E-state index in [1.807, 2.05) is 0 Å². The van der Waals surface area contributed by atoms with E-state index in [0.29, 0.717) is 0 Å². The van der Waals surface area contributed by atoms with Crippen LogP contribution < -0.4 is 0 Å². The van der Waals surface area contributed by atoms with Crippen LogP contribution in [0.5, 0.6) is 0 Å². The summed E-state index contributed by atoms with van der Waals surface area (Å²) in [7, 11) is 0. The molecular weight excluding hydrogens is 128 g/mol. The molecule has 1 saturated heterocycles. The zero-order valence-corrected chi connectivity index (χ0v) is 7.21. The molecule has 1 fully saturated rings. The summed E-state index contributed by atoms with van der Waals surface area (Å²) in [5.74, 6) is 2.48. The summed E-state index contributed by atoms with van der Waals surface area (Å²) in [5, 5.41) is 1.05. The van der Waals surface area contributed by atoms with Gasteiger partial charge in [0.2, 0.25) is 0 Å². The van der Waals surface area contributed by atoms with E-state index in [-0.39, 0.29) is 0 Å². The Balaban J connectivity index is 2.12. The lowest BCUT2D eigenvalue weighted by molar-refractivity contribution is 0.482. The van der Waals surface area contributed by atoms with E-state index >= 15 is 0 Å². The molecule has 1 aliphatic rings. The lowest BCUT2D eigenvalue weighted by Gasteiger charge is -2.09.